The smallest absolute Gasteiger partial charge is 0.271 e. The van der Waals surface area contributed by atoms with Gasteiger partial charge in [-0.2, -0.15) is 0 Å². The first kappa shape index (κ1) is 19.3. The first-order valence-corrected chi connectivity index (χ1v) is 12.0. The lowest BCUT2D eigenvalue weighted by Gasteiger charge is -2.35. The molecule has 10 heteroatoms. The van der Waals surface area contributed by atoms with Crippen LogP contribution in [0.3, 0.4) is 0 Å². The van der Waals surface area contributed by atoms with E-state index >= 15 is 0 Å². The molecule has 1 aromatic carbocycles. The Kier molecular flexibility index (Phi) is 5.32. The highest BCUT2D eigenvalue weighted by Crippen LogP contribution is 2.41. The number of hydrogen-bond acceptors (Lipinski definition) is 6. The Morgan fingerprint density at radius 1 is 1.22 bits per heavy atom. The number of rotatable bonds is 4. The van der Waals surface area contributed by atoms with E-state index < -0.39 is 10.0 Å². The number of benzene rings is 1. The number of nitrogens with one attached hydrogen (secondary N) is 1. The molecule has 0 aliphatic carbocycles. The summed E-state index contributed by atoms with van der Waals surface area (Å²) in [4.78, 5) is 4.54. The number of anilines is 2. The third-order valence-corrected chi connectivity index (χ3v) is 9.08. The van der Waals surface area contributed by atoms with Crippen LogP contribution in [0.1, 0.15) is 5.56 Å². The van der Waals surface area contributed by atoms with Crippen molar-refractivity contribution in [1.82, 2.24) is 4.90 Å². The van der Waals surface area contributed by atoms with Crippen LogP contribution in [-0.2, 0) is 16.4 Å². The molecule has 0 spiro atoms. The highest BCUT2D eigenvalue weighted by molar-refractivity contribution is 9.10. The van der Waals surface area contributed by atoms with Crippen molar-refractivity contribution in [2.75, 3.05) is 49.5 Å². The minimum absolute atomic E-state index is 0.178. The van der Waals surface area contributed by atoms with Gasteiger partial charge in [0, 0.05) is 42.6 Å². The molecule has 1 N–H and O–H groups in total. The third kappa shape index (κ3) is 3.93. The number of thiophene rings is 1. The fourth-order valence-corrected chi connectivity index (χ4v) is 6.63. The zero-order valence-electron chi connectivity index (χ0n) is 14.7. The Morgan fingerprint density at radius 3 is 2.63 bits per heavy atom. The molecule has 0 atom stereocenters. The summed E-state index contributed by atoms with van der Waals surface area (Å²) in [5.41, 5.74) is 2.55. The van der Waals surface area contributed by atoms with Gasteiger partial charge in [0.2, 0.25) is 0 Å². The Morgan fingerprint density at radius 2 is 1.96 bits per heavy atom. The molecule has 0 amide bonds. The van der Waals surface area contributed by atoms with Crippen molar-refractivity contribution in [3.8, 4) is 5.75 Å². The third-order valence-electron chi connectivity index (χ3n) is 4.75. The standard InChI is InChI=1S/C17H19BrClN3O3S2/c1-21-3-5-22(6-4-21)14-9-12(8-11-2-7-25-16(11)14)20-27(23,24)15-10-13(18)17(19)26-15/h8-10,20H,2-7H2,1H3. The van der Waals surface area contributed by atoms with Crippen LogP contribution in [0.5, 0.6) is 5.75 Å². The zero-order valence-corrected chi connectivity index (χ0v) is 18.6. The van der Waals surface area contributed by atoms with Gasteiger partial charge in [0.25, 0.3) is 10.0 Å². The summed E-state index contributed by atoms with van der Waals surface area (Å²) in [6, 6.07) is 5.26. The number of nitrogens with zero attached hydrogens (tertiary/aromatic N) is 2. The zero-order chi connectivity index (χ0) is 19.2. The van der Waals surface area contributed by atoms with E-state index in [1.165, 1.54) is 6.07 Å². The van der Waals surface area contributed by atoms with Gasteiger partial charge in [0.1, 0.15) is 14.3 Å². The Hall–Kier alpha value is -1.00. The quantitative estimate of drug-likeness (QED) is 0.706. The van der Waals surface area contributed by atoms with Gasteiger partial charge in [-0.25, -0.2) is 8.42 Å². The van der Waals surface area contributed by atoms with E-state index in [9.17, 15) is 8.42 Å². The Bertz CT molecular complexity index is 953. The topological polar surface area (TPSA) is 61.9 Å². The number of likely N-dealkylation sites (N-methyl/N-ethyl adjacent to an activating group) is 1. The molecule has 1 fully saturated rings. The normalized spacial score (nSPS) is 17.7. The van der Waals surface area contributed by atoms with Gasteiger partial charge in [-0.3, -0.25) is 4.72 Å². The van der Waals surface area contributed by atoms with Crippen molar-refractivity contribution in [1.29, 1.82) is 0 Å². The number of ether oxygens (including phenoxy) is 1. The second-order valence-corrected chi connectivity index (χ2v) is 11.1. The molecule has 0 radical (unpaired) electrons. The van der Waals surface area contributed by atoms with Gasteiger partial charge in [-0.05, 0) is 41.2 Å². The van der Waals surface area contributed by atoms with Crippen LogP contribution in [0, 0.1) is 0 Å². The largest absolute Gasteiger partial charge is 0.491 e. The molecule has 2 aliphatic rings. The SMILES string of the molecule is CN1CCN(c2cc(NS(=O)(=O)c3cc(Br)c(Cl)s3)cc3c2OCC3)CC1. The maximum Gasteiger partial charge on any atom is 0.271 e. The molecule has 0 saturated carbocycles. The van der Waals surface area contributed by atoms with Crippen molar-refractivity contribution in [3.05, 3.63) is 32.6 Å². The number of halogens is 2. The lowest BCUT2D eigenvalue weighted by atomic mass is 10.1. The van der Waals surface area contributed by atoms with Crippen LogP contribution in [0.2, 0.25) is 4.34 Å². The van der Waals surface area contributed by atoms with Crippen molar-refractivity contribution < 1.29 is 13.2 Å². The van der Waals surface area contributed by atoms with E-state index in [0.29, 0.717) is 21.1 Å². The summed E-state index contributed by atoms with van der Waals surface area (Å²) in [5, 5.41) is 0. The maximum atomic E-state index is 12.8. The van der Waals surface area contributed by atoms with E-state index in [4.69, 9.17) is 16.3 Å². The van der Waals surface area contributed by atoms with Gasteiger partial charge >= 0.3 is 0 Å². The molecule has 1 saturated heterocycles. The van der Waals surface area contributed by atoms with E-state index in [0.717, 1.165) is 60.9 Å². The summed E-state index contributed by atoms with van der Waals surface area (Å²) in [6.45, 7) is 4.32. The second kappa shape index (κ2) is 7.44. The Labute approximate surface area is 176 Å². The van der Waals surface area contributed by atoms with Gasteiger partial charge in [0.15, 0.2) is 0 Å². The lowest BCUT2D eigenvalue weighted by Crippen LogP contribution is -2.44. The molecule has 2 aliphatic heterocycles. The molecular formula is C17H19BrClN3O3S2. The minimum Gasteiger partial charge on any atom is -0.491 e. The molecule has 4 rings (SSSR count). The fourth-order valence-electron chi connectivity index (χ4n) is 3.29. The van der Waals surface area contributed by atoms with Crippen LogP contribution in [0.25, 0.3) is 0 Å². The van der Waals surface area contributed by atoms with E-state index in [1.54, 1.807) is 0 Å². The fraction of sp³-hybridized carbons (Fsp3) is 0.412. The first-order valence-electron chi connectivity index (χ1n) is 8.54. The van der Waals surface area contributed by atoms with Crippen molar-refractivity contribution >= 4 is 60.3 Å². The highest BCUT2D eigenvalue weighted by atomic mass is 79.9. The predicted octanol–water partition coefficient (Wildman–Crippen LogP) is 3.65. The van der Waals surface area contributed by atoms with Gasteiger partial charge < -0.3 is 14.5 Å². The Balaban J connectivity index is 1.66. The van der Waals surface area contributed by atoms with Crippen LogP contribution < -0.4 is 14.4 Å². The number of sulfonamides is 1. The van der Waals surface area contributed by atoms with Crippen molar-refractivity contribution in [2.45, 2.75) is 10.6 Å². The van der Waals surface area contributed by atoms with E-state index in [1.807, 2.05) is 12.1 Å². The summed E-state index contributed by atoms with van der Waals surface area (Å²) < 4.78 is 35.2. The molecule has 0 bridgehead atoms. The lowest BCUT2D eigenvalue weighted by molar-refractivity contribution is 0.309. The molecule has 2 aromatic rings. The van der Waals surface area contributed by atoms with Crippen LogP contribution in [0.4, 0.5) is 11.4 Å². The molecule has 1 aromatic heterocycles. The number of piperazine rings is 1. The summed E-state index contributed by atoms with van der Waals surface area (Å²) >= 11 is 10.3. The summed E-state index contributed by atoms with van der Waals surface area (Å²) in [5.74, 6) is 0.879. The van der Waals surface area contributed by atoms with Crippen LogP contribution >= 0.6 is 38.9 Å². The first-order chi connectivity index (χ1) is 12.8. The summed E-state index contributed by atoms with van der Waals surface area (Å²) in [7, 11) is -1.60. The monoisotopic (exact) mass is 491 g/mol. The van der Waals surface area contributed by atoms with Crippen molar-refractivity contribution in [3.63, 3.8) is 0 Å². The molecule has 6 nitrogen and oxygen atoms in total. The average molecular weight is 493 g/mol. The summed E-state index contributed by atoms with van der Waals surface area (Å²) in [6.07, 6.45) is 0.780. The molecule has 146 valence electrons. The van der Waals surface area contributed by atoms with E-state index in [-0.39, 0.29) is 4.21 Å². The van der Waals surface area contributed by atoms with Gasteiger partial charge in [-0.1, -0.05) is 11.6 Å². The predicted molar refractivity (Wildman–Crippen MR) is 113 cm³/mol. The van der Waals surface area contributed by atoms with Crippen LogP contribution in [0.15, 0.2) is 26.9 Å². The number of fused-ring (bicyclic) bond motifs is 1. The second-order valence-electron chi connectivity index (χ2n) is 6.66. The molecule has 0 unspecified atom stereocenters. The highest BCUT2D eigenvalue weighted by Gasteiger charge is 2.26. The van der Waals surface area contributed by atoms with E-state index in [2.05, 4.69) is 37.5 Å². The molecule has 3 heterocycles. The maximum absolute atomic E-state index is 12.8. The average Bonchev–Trinajstić information content (AvgIpc) is 3.22. The molecule has 27 heavy (non-hydrogen) atoms. The van der Waals surface area contributed by atoms with Crippen LogP contribution in [-0.4, -0.2) is 53.2 Å². The van der Waals surface area contributed by atoms with Gasteiger partial charge in [-0.15, -0.1) is 11.3 Å². The van der Waals surface area contributed by atoms with Crippen molar-refractivity contribution in [2.24, 2.45) is 0 Å². The number of hydrogen-bond donors (Lipinski definition) is 1. The molecular weight excluding hydrogens is 474 g/mol. The minimum atomic E-state index is -3.70. The van der Waals surface area contributed by atoms with Gasteiger partial charge in [0.05, 0.1) is 18.0 Å².